The maximum atomic E-state index is 4.17. The molecular weight excluding hydrogens is 320 g/mol. The fraction of sp³-hybridized carbons (Fsp3) is 0.250. The Labute approximate surface area is 160 Å². The van der Waals surface area contributed by atoms with Crippen LogP contribution in [-0.2, 0) is 0 Å². The summed E-state index contributed by atoms with van der Waals surface area (Å²) >= 11 is 4.17. The zero-order chi connectivity index (χ0) is 19.4. The van der Waals surface area contributed by atoms with Gasteiger partial charge in [0.05, 0.1) is 0 Å². The first-order valence-corrected chi connectivity index (χ1v) is 8.85. The van der Waals surface area contributed by atoms with Crippen molar-refractivity contribution in [3.63, 3.8) is 0 Å². The highest BCUT2D eigenvalue weighted by atomic mass is 32.1. The van der Waals surface area contributed by atoms with Crippen molar-refractivity contribution in [2.45, 2.75) is 41.5 Å². The Balaban J connectivity index is 0.000000346. The van der Waals surface area contributed by atoms with Crippen molar-refractivity contribution in [1.29, 1.82) is 0 Å². The summed E-state index contributed by atoms with van der Waals surface area (Å²) in [5.41, 5.74) is 7.39. The molecule has 0 amide bonds. The van der Waals surface area contributed by atoms with E-state index in [2.05, 4.69) is 102 Å². The first-order chi connectivity index (χ1) is 11.6. The van der Waals surface area contributed by atoms with Gasteiger partial charge < -0.3 is 0 Å². The molecule has 0 aliphatic rings. The number of hydrogen-bond acceptors (Lipinski definition) is 1. The lowest BCUT2D eigenvalue weighted by molar-refractivity contribution is 1.34. The van der Waals surface area contributed by atoms with Gasteiger partial charge in [-0.15, -0.1) is 12.6 Å². The van der Waals surface area contributed by atoms with Gasteiger partial charge >= 0.3 is 0 Å². The number of rotatable bonds is 2. The second-order valence-corrected chi connectivity index (χ2v) is 6.88. The van der Waals surface area contributed by atoms with Crippen LogP contribution in [0.25, 0.3) is 0 Å². The minimum atomic E-state index is 0.905. The molecule has 0 nitrogen and oxygen atoms in total. The summed E-state index contributed by atoms with van der Waals surface area (Å²) in [5, 5.41) is 0. The zero-order valence-corrected chi connectivity index (χ0v) is 17.5. The third kappa shape index (κ3) is 12.1. The van der Waals surface area contributed by atoms with Gasteiger partial charge in [-0.3, -0.25) is 0 Å². The number of allylic oxidation sites excluding steroid dienone is 3. The maximum Gasteiger partial charge on any atom is 0.00657 e. The van der Waals surface area contributed by atoms with Gasteiger partial charge in [0.15, 0.2) is 0 Å². The van der Waals surface area contributed by atoms with Crippen molar-refractivity contribution in [1.82, 2.24) is 0 Å². The molecule has 0 bridgehead atoms. The Kier molecular flexibility index (Phi) is 11.4. The summed E-state index contributed by atoms with van der Waals surface area (Å²) in [5.74, 6) is 0. The standard InChI is InChI=1S/C8H12S.2C8H10/c1-6(2)5-8(9)7(3)4;1-7-4-3-5-8(2)6-7;1-7-5-3-4-6-8(7)2/h5,9H,1,3H2,2,4H3;2*3-6H,1-2H3. The summed E-state index contributed by atoms with van der Waals surface area (Å²) < 4.78 is 0. The van der Waals surface area contributed by atoms with Gasteiger partial charge in [-0.05, 0) is 64.3 Å². The minimum absolute atomic E-state index is 0.905. The molecule has 134 valence electrons. The third-order valence-electron chi connectivity index (χ3n) is 3.42. The molecule has 0 N–H and O–H groups in total. The second kappa shape index (κ2) is 12.4. The van der Waals surface area contributed by atoms with E-state index in [1.54, 1.807) is 0 Å². The zero-order valence-electron chi connectivity index (χ0n) is 16.6. The lowest BCUT2D eigenvalue weighted by atomic mass is 10.1. The van der Waals surface area contributed by atoms with E-state index < -0.39 is 0 Å². The quantitative estimate of drug-likeness (QED) is 0.418. The molecule has 0 fully saturated rings. The van der Waals surface area contributed by atoms with Gasteiger partial charge in [0.25, 0.3) is 0 Å². The van der Waals surface area contributed by atoms with E-state index in [0.29, 0.717) is 0 Å². The Hall–Kier alpha value is -1.99. The summed E-state index contributed by atoms with van der Waals surface area (Å²) in [6.45, 7) is 19.7. The molecule has 0 aliphatic carbocycles. The van der Waals surface area contributed by atoms with Gasteiger partial charge in [0.1, 0.15) is 0 Å². The van der Waals surface area contributed by atoms with Gasteiger partial charge in [-0.2, -0.15) is 0 Å². The van der Waals surface area contributed by atoms with Gasteiger partial charge in [-0.25, -0.2) is 0 Å². The number of hydrogen-bond donors (Lipinski definition) is 1. The second-order valence-electron chi connectivity index (χ2n) is 6.40. The fourth-order valence-electron chi connectivity index (χ4n) is 1.83. The Morgan fingerprint density at radius 2 is 1.24 bits per heavy atom. The molecule has 2 rings (SSSR count). The number of thiol groups is 1. The molecule has 1 heteroatoms. The summed E-state index contributed by atoms with van der Waals surface area (Å²) in [6.07, 6.45) is 1.89. The van der Waals surface area contributed by atoms with Gasteiger partial charge in [0.2, 0.25) is 0 Å². The van der Waals surface area contributed by atoms with Crippen LogP contribution in [0.2, 0.25) is 0 Å². The predicted molar refractivity (Wildman–Crippen MR) is 119 cm³/mol. The van der Waals surface area contributed by atoms with Crippen molar-refractivity contribution in [2.75, 3.05) is 0 Å². The van der Waals surface area contributed by atoms with Crippen molar-refractivity contribution in [3.8, 4) is 0 Å². The van der Waals surface area contributed by atoms with Gasteiger partial charge in [0, 0.05) is 4.91 Å². The minimum Gasteiger partial charge on any atom is -0.143 e. The Morgan fingerprint density at radius 1 is 0.800 bits per heavy atom. The predicted octanol–water partition coefficient (Wildman–Crippen LogP) is 7.56. The summed E-state index contributed by atoms with van der Waals surface area (Å²) in [4.78, 5) is 0.905. The van der Waals surface area contributed by atoms with Crippen molar-refractivity contribution >= 4 is 12.6 Å². The Bertz CT molecular complexity index is 682. The Morgan fingerprint density at radius 3 is 1.44 bits per heavy atom. The average molecular weight is 353 g/mol. The molecule has 0 heterocycles. The van der Waals surface area contributed by atoms with Crippen LogP contribution in [-0.4, -0.2) is 0 Å². The first kappa shape index (κ1) is 23.0. The molecule has 25 heavy (non-hydrogen) atoms. The van der Waals surface area contributed by atoms with E-state index in [1.165, 1.54) is 22.3 Å². The normalized spacial score (nSPS) is 9.96. The van der Waals surface area contributed by atoms with Crippen LogP contribution in [0.15, 0.2) is 83.8 Å². The third-order valence-corrected chi connectivity index (χ3v) is 3.93. The highest BCUT2D eigenvalue weighted by Crippen LogP contribution is 2.12. The highest BCUT2D eigenvalue weighted by molar-refractivity contribution is 7.84. The van der Waals surface area contributed by atoms with Crippen molar-refractivity contribution in [2.24, 2.45) is 0 Å². The maximum absolute atomic E-state index is 4.17. The summed E-state index contributed by atoms with van der Waals surface area (Å²) in [6, 6.07) is 16.8. The van der Waals surface area contributed by atoms with Crippen LogP contribution in [0.4, 0.5) is 0 Å². The highest BCUT2D eigenvalue weighted by Gasteiger charge is 1.87. The molecule has 0 saturated carbocycles. The van der Waals surface area contributed by atoms with E-state index in [1.807, 2.05) is 19.9 Å². The SMILES string of the molecule is C=C(C)C=C(S)C(=C)C.Cc1cccc(C)c1.Cc1ccccc1C. The number of aryl methyl sites for hydroxylation is 4. The van der Waals surface area contributed by atoms with Crippen LogP contribution < -0.4 is 0 Å². The molecule has 0 aliphatic heterocycles. The molecule has 0 aromatic heterocycles. The molecule has 2 aromatic carbocycles. The molecule has 2 aromatic rings. The van der Waals surface area contributed by atoms with Crippen LogP contribution >= 0.6 is 12.6 Å². The van der Waals surface area contributed by atoms with Crippen LogP contribution in [0.1, 0.15) is 36.1 Å². The molecule has 0 saturated heterocycles. The van der Waals surface area contributed by atoms with Gasteiger partial charge in [-0.1, -0.05) is 78.4 Å². The average Bonchev–Trinajstić information content (AvgIpc) is 2.50. The molecule has 0 unspecified atom stereocenters. The van der Waals surface area contributed by atoms with Crippen LogP contribution in [0, 0.1) is 27.7 Å². The van der Waals surface area contributed by atoms with Crippen molar-refractivity contribution in [3.05, 3.63) is 106 Å². The smallest absolute Gasteiger partial charge is 0.00657 e. The number of benzene rings is 2. The van der Waals surface area contributed by atoms with E-state index in [-0.39, 0.29) is 0 Å². The fourth-order valence-corrected chi connectivity index (χ4v) is 2.05. The molecular formula is C24H32S. The van der Waals surface area contributed by atoms with Crippen molar-refractivity contribution < 1.29 is 0 Å². The van der Waals surface area contributed by atoms with Crippen LogP contribution in [0.3, 0.4) is 0 Å². The van der Waals surface area contributed by atoms with Crippen LogP contribution in [0.5, 0.6) is 0 Å². The first-order valence-electron chi connectivity index (χ1n) is 8.41. The monoisotopic (exact) mass is 352 g/mol. The van der Waals surface area contributed by atoms with E-state index in [9.17, 15) is 0 Å². The lowest BCUT2D eigenvalue weighted by Crippen LogP contribution is -1.74. The van der Waals surface area contributed by atoms with E-state index in [0.717, 1.165) is 16.1 Å². The molecule has 0 radical (unpaired) electrons. The lowest BCUT2D eigenvalue weighted by Gasteiger charge is -1.95. The molecule has 0 spiro atoms. The molecule has 0 atom stereocenters. The topological polar surface area (TPSA) is 0 Å². The largest absolute Gasteiger partial charge is 0.143 e. The summed E-state index contributed by atoms with van der Waals surface area (Å²) in [7, 11) is 0. The van der Waals surface area contributed by atoms with E-state index in [4.69, 9.17) is 0 Å². The van der Waals surface area contributed by atoms with E-state index >= 15 is 0 Å².